The lowest BCUT2D eigenvalue weighted by Gasteiger charge is -2.32. The van der Waals surface area contributed by atoms with E-state index < -0.39 is 0 Å². The van der Waals surface area contributed by atoms with Crippen molar-refractivity contribution in [3.8, 4) is 5.75 Å². The van der Waals surface area contributed by atoms with E-state index in [1.807, 2.05) is 49.1 Å². The summed E-state index contributed by atoms with van der Waals surface area (Å²) < 4.78 is 5.94. The summed E-state index contributed by atoms with van der Waals surface area (Å²) >= 11 is 0. The molecule has 5 heteroatoms. The Kier molecular flexibility index (Phi) is 4.99. The predicted molar refractivity (Wildman–Crippen MR) is 94.4 cm³/mol. The molecule has 2 aromatic rings. The number of nitrogens with zero attached hydrogens (tertiary/aromatic N) is 2. The molecule has 0 spiro atoms. The summed E-state index contributed by atoms with van der Waals surface area (Å²) in [5.74, 6) is 0.837. The van der Waals surface area contributed by atoms with Gasteiger partial charge in [0.15, 0.2) is 0 Å². The van der Waals surface area contributed by atoms with Crippen LogP contribution in [0.3, 0.4) is 0 Å². The minimum absolute atomic E-state index is 0.0326. The number of amides is 2. The van der Waals surface area contributed by atoms with Gasteiger partial charge in [-0.2, -0.15) is 0 Å². The molecular formula is C19H23N3O2. The number of rotatable bonds is 3. The Morgan fingerprint density at radius 3 is 2.38 bits per heavy atom. The first-order valence-corrected chi connectivity index (χ1v) is 8.32. The van der Waals surface area contributed by atoms with Crippen LogP contribution in [-0.2, 0) is 0 Å². The maximum atomic E-state index is 12.5. The zero-order valence-corrected chi connectivity index (χ0v) is 14.2. The quantitative estimate of drug-likeness (QED) is 0.934. The van der Waals surface area contributed by atoms with E-state index in [-0.39, 0.29) is 12.1 Å². The molecule has 1 saturated heterocycles. The first-order chi connectivity index (χ1) is 11.6. The van der Waals surface area contributed by atoms with Crippen LogP contribution in [0.1, 0.15) is 24.0 Å². The van der Waals surface area contributed by atoms with Gasteiger partial charge in [-0.05, 0) is 37.1 Å². The van der Waals surface area contributed by atoms with Crippen molar-refractivity contribution in [3.05, 3.63) is 53.9 Å². The third-order valence-corrected chi connectivity index (χ3v) is 4.39. The Morgan fingerprint density at radius 2 is 1.75 bits per heavy atom. The molecule has 0 atom stereocenters. The number of carbonyl (C=O) groups is 1. The van der Waals surface area contributed by atoms with E-state index in [9.17, 15) is 4.79 Å². The van der Waals surface area contributed by atoms with Crippen LogP contribution in [0.5, 0.6) is 5.75 Å². The number of likely N-dealkylation sites (tertiary alicyclic amines) is 1. The van der Waals surface area contributed by atoms with Crippen LogP contribution in [0.2, 0.25) is 0 Å². The molecule has 0 saturated carbocycles. The van der Waals surface area contributed by atoms with E-state index in [1.165, 1.54) is 0 Å². The summed E-state index contributed by atoms with van der Waals surface area (Å²) in [6.45, 7) is 5.42. The number of para-hydroxylation sites is 1. The number of piperidine rings is 1. The highest BCUT2D eigenvalue weighted by Crippen LogP contribution is 2.22. The number of benzene rings is 1. The number of pyridine rings is 1. The Labute approximate surface area is 142 Å². The van der Waals surface area contributed by atoms with Crippen LogP contribution < -0.4 is 10.1 Å². The van der Waals surface area contributed by atoms with Gasteiger partial charge in [-0.25, -0.2) is 4.79 Å². The first kappa shape index (κ1) is 16.3. The molecule has 5 nitrogen and oxygen atoms in total. The summed E-state index contributed by atoms with van der Waals surface area (Å²) in [4.78, 5) is 18.3. The van der Waals surface area contributed by atoms with Crippen molar-refractivity contribution in [1.29, 1.82) is 0 Å². The lowest BCUT2D eigenvalue weighted by atomic mass is 10.1. The Morgan fingerprint density at radius 1 is 1.12 bits per heavy atom. The number of urea groups is 1. The number of aromatic nitrogens is 1. The van der Waals surface area contributed by atoms with Gasteiger partial charge >= 0.3 is 6.03 Å². The van der Waals surface area contributed by atoms with E-state index in [0.717, 1.165) is 35.4 Å². The highest BCUT2D eigenvalue weighted by atomic mass is 16.5. The third kappa shape index (κ3) is 3.85. The zero-order valence-electron chi connectivity index (χ0n) is 14.2. The normalized spacial score (nSPS) is 15.2. The lowest BCUT2D eigenvalue weighted by Crippen LogP contribution is -2.43. The van der Waals surface area contributed by atoms with Gasteiger partial charge in [0.25, 0.3) is 0 Å². The van der Waals surface area contributed by atoms with Crippen molar-refractivity contribution in [1.82, 2.24) is 9.88 Å². The van der Waals surface area contributed by atoms with Gasteiger partial charge in [0.2, 0.25) is 0 Å². The highest BCUT2D eigenvalue weighted by Gasteiger charge is 2.24. The zero-order chi connectivity index (χ0) is 16.9. The summed E-state index contributed by atoms with van der Waals surface area (Å²) in [6, 6.07) is 9.71. The molecule has 1 N–H and O–H groups in total. The maximum Gasteiger partial charge on any atom is 0.321 e. The second-order valence-corrected chi connectivity index (χ2v) is 6.18. The maximum absolute atomic E-state index is 12.5. The first-order valence-electron chi connectivity index (χ1n) is 8.32. The van der Waals surface area contributed by atoms with Crippen LogP contribution >= 0.6 is 0 Å². The molecule has 3 rings (SSSR count). The average Bonchev–Trinajstić information content (AvgIpc) is 2.60. The second kappa shape index (κ2) is 7.34. The minimum Gasteiger partial charge on any atom is -0.490 e. The fraction of sp³-hybridized carbons (Fsp3) is 0.368. The number of anilines is 1. The van der Waals surface area contributed by atoms with Crippen LogP contribution in [0.25, 0.3) is 0 Å². The number of hydrogen-bond donors (Lipinski definition) is 1. The molecule has 1 aliphatic rings. The number of hydrogen-bond acceptors (Lipinski definition) is 3. The molecule has 0 radical (unpaired) electrons. The molecule has 1 aromatic heterocycles. The molecule has 0 aliphatic carbocycles. The molecular weight excluding hydrogens is 302 g/mol. The smallest absolute Gasteiger partial charge is 0.321 e. The van der Waals surface area contributed by atoms with Gasteiger partial charge in [-0.15, -0.1) is 0 Å². The number of aryl methyl sites for hydroxylation is 2. The van der Waals surface area contributed by atoms with Gasteiger partial charge < -0.3 is 15.0 Å². The molecule has 2 amide bonds. The fourth-order valence-corrected chi connectivity index (χ4v) is 2.98. The van der Waals surface area contributed by atoms with Crippen molar-refractivity contribution in [2.75, 3.05) is 18.4 Å². The van der Waals surface area contributed by atoms with Crippen LogP contribution in [0, 0.1) is 13.8 Å². The average molecular weight is 325 g/mol. The van der Waals surface area contributed by atoms with Crippen LogP contribution in [-0.4, -0.2) is 35.1 Å². The highest BCUT2D eigenvalue weighted by molar-refractivity contribution is 5.91. The lowest BCUT2D eigenvalue weighted by molar-refractivity contribution is 0.115. The molecule has 1 aliphatic heterocycles. The Balaban J connectivity index is 1.54. The Hall–Kier alpha value is -2.56. The Bertz CT molecular complexity index is 675. The van der Waals surface area contributed by atoms with E-state index >= 15 is 0 Å². The summed E-state index contributed by atoms with van der Waals surface area (Å²) in [7, 11) is 0. The largest absolute Gasteiger partial charge is 0.490 e. The summed E-state index contributed by atoms with van der Waals surface area (Å²) in [6.07, 6.45) is 5.27. The van der Waals surface area contributed by atoms with Crippen molar-refractivity contribution in [2.45, 2.75) is 32.8 Å². The SMILES string of the molecule is Cc1cccc(C)c1NC(=O)N1CCC(Oc2ccncc2)CC1. The van der Waals surface area contributed by atoms with Crippen LogP contribution in [0.4, 0.5) is 10.5 Å². The van der Waals surface area contributed by atoms with E-state index in [1.54, 1.807) is 12.4 Å². The van der Waals surface area contributed by atoms with E-state index in [4.69, 9.17) is 4.74 Å². The molecule has 1 aromatic carbocycles. The van der Waals surface area contributed by atoms with Crippen molar-refractivity contribution in [3.63, 3.8) is 0 Å². The number of carbonyl (C=O) groups excluding carboxylic acids is 1. The monoisotopic (exact) mass is 325 g/mol. The van der Waals surface area contributed by atoms with Gasteiger partial charge in [0.1, 0.15) is 11.9 Å². The third-order valence-electron chi connectivity index (χ3n) is 4.39. The predicted octanol–water partition coefficient (Wildman–Crippen LogP) is 3.77. The summed E-state index contributed by atoms with van der Waals surface area (Å²) in [5, 5.41) is 3.05. The van der Waals surface area contributed by atoms with Crippen molar-refractivity contribution < 1.29 is 9.53 Å². The van der Waals surface area contributed by atoms with Gasteiger partial charge in [0, 0.05) is 44.0 Å². The van der Waals surface area contributed by atoms with Gasteiger partial charge in [-0.3, -0.25) is 4.98 Å². The fourth-order valence-electron chi connectivity index (χ4n) is 2.98. The van der Waals surface area contributed by atoms with Gasteiger partial charge in [0.05, 0.1) is 0 Å². The molecule has 0 bridgehead atoms. The molecule has 0 unspecified atom stereocenters. The molecule has 2 heterocycles. The van der Waals surface area contributed by atoms with Crippen molar-refractivity contribution in [2.24, 2.45) is 0 Å². The minimum atomic E-state index is -0.0326. The molecule has 126 valence electrons. The summed E-state index contributed by atoms with van der Waals surface area (Å²) in [5.41, 5.74) is 3.08. The molecule has 24 heavy (non-hydrogen) atoms. The second-order valence-electron chi connectivity index (χ2n) is 6.18. The number of ether oxygens (including phenoxy) is 1. The van der Waals surface area contributed by atoms with E-state index in [0.29, 0.717) is 13.1 Å². The molecule has 1 fully saturated rings. The van der Waals surface area contributed by atoms with Gasteiger partial charge in [-0.1, -0.05) is 18.2 Å². The topological polar surface area (TPSA) is 54.5 Å². The standard InChI is InChI=1S/C19H23N3O2/c1-14-4-3-5-15(2)18(14)21-19(23)22-12-8-17(9-13-22)24-16-6-10-20-11-7-16/h3-7,10-11,17H,8-9,12-13H2,1-2H3,(H,21,23). The van der Waals surface area contributed by atoms with E-state index in [2.05, 4.69) is 10.3 Å². The van der Waals surface area contributed by atoms with Crippen molar-refractivity contribution >= 4 is 11.7 Å². The number of nitrogens with one attached hydrogen (secondary N) is 1. The van der Waals surface area contributed by atoms with Crippen LogP contribution in [0.15, 0.2) is 42.7 Å².